The molecule has 1 aliphatic rings. The predicted octanol–water partition coefficient (Wildman–Crippen LogP) is 5.68. The van der Waals surface area contributed by atoms with E-state index >= 15 is 0 Å². The number of benzene rings is 3. The van der Waals surface area contributed by atoms with Gasteiger partial charge < -0.3 is 13.9 Å². The van der Waals surface area contributed by atoms with Crippen molar-refractivity contribution >= 4 is 0 Å². The van der Waals surface area contributed by atoms with Crippen molar-refractivity contribution in [2.24, 2.45) is 0 Å². The number of rotatable bonds is 6. The van der Waals surface area contributed by atoms with Gasteiger partial charge in [-0.1, -0.05) is 91.0 Å². The van der Waals surface area contributed by atoms with Crippen LogP contribution >= 0.6 is 0 Å². The van der Waals surface area contributed by atoms with Crippen LogP contribution in [0.3, 0.4) is 0 Å². The minimum Gasteiger partial charge on any atom is -0.483 e. The molecule has 0 saturated heterocycles. The van der Waals surface area contributed by atoms with Crippen LogP contribution in [-0.4, -0.2) is 14.1 Å². The van der Waals surface area contributed by atoms with Gasteiger partial charge in [0.15, 0.2) is 11.6 Å². The minimum atomic E-state index is -0.140. The van der Waals surface area contributed by atoms with Crippen molar-refractivity contribution in [3.63, 3.8) is 0 Å². The Balaban J connectivity index is 1.51. The summed E-state index contributed by atoms with van der Waals surface area (Å²) in [7, 11) is 0. The molecule has 0 saturated carbocycles. The van der Waals surface area contributed by atoms with Crippen molar-refractivity contribution in [3.05, 3.63) is 143 Å². The lowest BCUT2D eigenvalue weighted by molar-refractivity contribution is 0.293. The van der Waals surface area contributed by atoms with Gasteiger partial charge in [0, 0.05) is 37.1 Å². The molecule has 0 unspecified atom stereocenters. The standard InChI is InChI=1S/C30H25N3O2/c34-26-16-18-33-25(27(23-12-6-2-7-13-23)24-14-8-3-9-15-24)20-32-19-17-31-30(32)28(33)29(26)35-21-22-10-4-1-5-11-22/h1-19,25,27H,20-21H2/t25-/m1/s1. The van der Waals surface area contributed by atoms with E-state index in [9.17, 15) is 4.79 Å². The van der Waals surface area contributed by atoms with E-state index in [1.165, 1.54) is 11.1 Å². The van der Waals surface area contributed by atoms with Gasteiger partial charge >= 0.3 is 0 Å². The molecule has 3 aromatic carbocycles. The first-order chi connectivity index (χ1) is 17.3. The van der Waals surface area contributed by atoms with Crippen LogP contribution in [0.2, 0.25) is 0 Å². The van der Waals surface area contributed by atoms with E-state index in [0.29, 0.717) is 12.4 Å². The van der Waals surface area contributed by atoms with E-state index in [0.717, 1.165) is 23.6 Å². The fourth-order valence-corrected chi connectivity index (χ4v) is 5.08. The summed E-state index contributed by atoms with van der Waals surface area (Å²) in [4.78, 5) is 17.7. The smallest absolute Gasteiger partial charge is 0.224 e. The summed E-state index contributed by atoms with van der Waals surface area (Å²) in [5.74, 6) is 1.17. The molecule has 172 valence electrons. The molecule has 5 heteroatoms. The second-order valence-corrected chi connectivity index (χ2v) is 8.81. The largest absolute Gasteiger partial charge is 0.483 e. The summed E-state index contributed by atoms with van der Waals surface area (Å²) in [5, 5.41) is 0. The Morgan fingerprint density at radius 2 is 1.46 bits per heavy atom. The Morgan fingerprint density at radius 3 is 2.11 bits per heavy atom. The molecule has 5 nitrogen and oxygen atoms in total. The first-order valence-electron chi connectivity index (χ1n) is 11.8. The number of ether oxygens (including phenoxy) is 1. The number of pyridine rings is 1. The van der Waals surface area contributed by atoms with Gasteiger partial charge in [-0.15, -0.1) is 0 Å². The minimum absolute atomic E-state index is 0.0242. The number of aromatic nitrogens is 3. The molecule has 3 heterocycles. The van der Waals surface area contributed by atoms with Gasteiger partial charge in [-0.2, -0.15) is 0 Å². The van der Waals surface area contributed by atoms with Gasteiger partial charge in [-0.3, -0.25) is 4.79 Å². The van der Waals surface area contributed by atoms with E-state index in [1.54, 1.807) is 12.3 Å². The molecule has 35 heavy (non-hydrogen) atoms. The van der Waals surface area contributed by atoms with Crippen molar-refractivity contribution in [3.8, 4) is 17.3 Å². The third-order valence-electron chi connectivity index (χ3n) is 6.68. The van der Waals surface area contributed by atoms with Gasteiger partial charge in [-0.25, -0.2) is 4.98 Å². The summed E-state index contributed by atoms with van der Waals surface area (Å²) >= 11 is 0. The number of hydrogen-bond donors (Lipinski definition) is 0. The van der Waals surface area contributed by atoms with Crippen molar-refractivity contribution in [1.29, 1.82) is 0 Å². The monoisotopic (exact) mass is 459 g/mol. The fraction of sp³-hybridized carbons (Fsp3) is 0.133. The lowest BCUT2D eigenvalue weighted by Gasteiger charge is -2.36. The second-order valence-electron chi connectivity index (χ2n) is 8.81. The first kappa shape index (κ1) is 21.2. The maximum atomic E-state index is 13.1. The summed E-state index contributed by atoms with van der Waals surface area (Å²) in [5.41, 5.74) is 4.05. The maximum Gasteiger partial charge on any atom is 0.224 e. The van der Waals surface area contributed by atoms with Crippen LogP contribution in [0.1, 0.15) is 28.7 Å². The third-order valence-corrected chi connectivity index (χ3v) is 6.68. The lowest BCUT2D eigenvalue weighted by Crippen LogP contribution is -2.31. The van der Waals surface area contributed by atoms with Crippen molar-refractivity contribution in [2.75, 3.05) is 0 Å². The average molecular weight is 460 g/mol. The number of fused-ring (bicyclic) bond motifs is 3. The highest BCUT2D eigenvalue weighted by atomic mass is 16.5. The van der Waals surface area contributed by atoms with Crippen molar-refractivity contribution < 1.29 is 4.74 Å². The van der Waals surface area contributed by atoms with Gasteiger partial charge in [0.25, 0.3) is 0 Å². The number of nitrogens with zero attached hydrogens (tertiary/aromatic N) is 3. The lowest BCUT2D eigenvalue weighted by atomic mass is 9.84. The zero-order chi connectivity index (χ0) is 23.6. The van der Waals surface area contributed by atoms with E-state index in [-0.39, 0.29) is 17.4 Å². The molecule has 0 radical (unpaired) electrons. The predicted molar refractivity (Wildman–Crippen MR) is 136 cm³/mol. The first-order valence-corrected chi connectivity index (χ1v) is 11.8. The molecular weight excluding hydrogens is 434 g/mol. The zero-order valence-corrected chi connectivity index (χ0v) is 19.2. The Bertz CT molecular complexity index is 1450. The van der Waals surface area contributed by atoms with Crippen molar-refractivity contribution in [1.82, 2.24) is 14.1 Å². The third kappa shape index (κ3) is 3.95. The molecule has 1 aliphatic heterocycles. The number of imidazole rings is 1. The van der Waals surface area contributed by atoms with Crippen LogP contribution in [0.25, 0.3) is 11.5 Å². The molecule has 0 spiro atoms. The SMILES string of the molecule is O=c1ccn2c(c1OCc1ccccc1)-c1nccn1C[C@@H]2C(c1ccccc1)c1ccccc1. The van der Waals surface area contributed by atoms with E-state index in [1.807, 2.05) is 54.9 Å². The highest BCUT2D eigenvalue weighted by Gasteiger charge is 2.34. The van der Waals surface area contributed by atoms with Crippen LogP contribution < -0.4 is 10.2 Å². The highest BCUT2D eigenvalue weighted by molar-refractivity contribution is 5.62. The Hall–Kier alpha value is -4.38. The van der Waals surface area contributed by atoms with Crippen LogP contribution in [0.15, 0.2) is 120 Å². The zero-order valence-electron chi connectivity index (χ0n) is 19.2. The Labute approximate surface area is 203 Å². The van der Waals surface area contributed by atoms with E-state index in [4.69, 9.17) is 4.74 Å². The summed E-state index contributed by atoms with van der Waals surface area (Å²) in [6, 6.07) is 32.7. The molecular formula is C30H25N3O2. The molecule has 0 N–H and O–H groups in total. The topological polar surface area (TPSA) is 49.1 Å². The van der Waals surface area contributed by atoms with Gasteiger partial charge in [0.1, 0.15) is 12.3 Å². The van der Waals surface area contributed by atoms with Crippen molar-refractivity contribution in [2.45, 2.75) is 25.1 Å². The molecule has 0 bridgehead atoms. The molecule has 0 aliphatic carbocycles. The summed E-state index contributed by atoms with van der Waals surface area (Å²) < 4.78 is 10.5. The molecule has 5 aromatic rings. The average Bonchev–Trinajstić information content (AvgIpc) is 3.39. The molecule has 2 aromatic heterocycles. The summed E-state index contributed by atoms with van der Waals surface area (Å²) in [6.07, 6.45) is 5.67. The fourth-order valence-electron chi connectivity index (χ4n) is 5.08. The molecule has 6 rings (SSSR count). The van der Waals surface area contributed by atoms with E-state index < -0.39 is 0 Å². The maximum absolute atomic E-state index is 13.1. The molecule has 0 amide bonds. The number of hydrogen-bond acceptors (Lipinski definition) is 3. The van der Waals surface area contributed by atoms with E-state index in [2.05, 4.69) is 62.6 Å². The van der Waals surface area contributed by atoms with Crippen LogP contribution in [-0.2, 0) is 13.2 Å². The molecule has 0 fully saturated rings. The second kappa shape index (κ2) is 9.11. The Kier molecular flexibility index (Phi) is 5.51. The normalized spacial score (nSPS) is 14.4. The van der Waals surface area contributed by atoms with Crippen LogP contribution in [0.4, 0.5) is 0 Å². The van der Waals surface area contributed by atoms with Gasteiger partial charge in [0.05, 0.1) is 6.04 Å². The van der Waals surface area contributed by atoms with Gasteiger partial charge in [-0.05, 0) is 16.7 Å². The highest BCUT2D eigenvalue weighted by Crippen LogP contribution is 2.43. The summed E-state index contributed by atoms with van der Waals surface area (Å²) in [6.45, 7) is 1.05. The van der Waals surface area contributed by atoms with Gasteiger partial charge in [0.2, 0.25) is 5.43 Å². The molecule has 1 atom stereocenters. The Morgan fingerprint density at radius 1 is 0.829 bits per heavy atom. The van der Waals surface area contributed by atoms with Crippen LogP contribution in [0.5, 0.6) is 5.75 Å². The quantitative estimate of drug-likeness (QED) is 0.328. The van der Waals surface area contributed by atoms with Crippen LogP contribution in [0, 0.1) is 0 Å².